The van der Waals surface area contributed by atoms with Gasteiger partial charge < -0.3 is 9.88 Å². The monoisotopic (exact) mass is 276 g/mol. The van der Waals surface area contributed by atoms with E-state index in [-0.39, 0.29) is 5.91 Å². The van der Waals surface area contributed by atoms with E-state index in [9.17, 15) is 4.79 Å². The maximum absolute atomic E-state index is 12.3. The van der Waals surface area contributed by atoms with Crippen LogP contribution in [0, 0.1) is 6.92 Å². The number of aryl methyl sites for hydroxylation is 1. The highest BCUT2D eigenvalue weighted by Gasteiger charge is 2.19. The molecule has 2 rings (SSSR count). The smallest absolute Gasteiger partial charge is 0.270 e. The molecule has 0 saturated heterocycles. The van der Waals surface area contributed by atoms with Crippen LogP contribution in [0.5, 0.6) is 0 Å². The Hall–Kier alpha value is -1.74. The highest BCUT2D eigenvalue weighted by molar-refractivity contribution is 6.30. The molecule has 0 radical (unpaired) electrons. The van der Waals surface area contributed by atoms with Crippen molar-refractivity contribution in [1.82, 2.24) is 9.88 Å². The van der Waals surface area contributed by atoms with Gasteiger partial charge in [-0.25, -0.2) is 0 Å². The number of carbonyl (C=O) groups excluding carboxylic acids is 1. The molecule has 0 fully saturated rings. The Balaban J connectivity index is 2.49. The molecule has 0 aliphatic carbocycles. The molecule has 0 bridgehead atoms. The average Bonchev–Trinajstić information content (AvgIpc) is 2.80. The molecule has 0 aliphatic heterocycles. The first kappa shape index (κ1) is 13.7. The van der Waals surface area contributed by atoms with Crippen LogP contribution in [0.1, 0.15) is 23.0 Å². The third-order valence-electron chi connectivity index (χ3n) is 3.25. The van der Waals surface area contributed by atoms with Gasteiger partial charge in [-0.3, -0.25) is 4.79 Å². The number of H-pyrrole nitrogens is 1. The molecule has 1 N–H and O–H groups in total. The van der Waals surface area contributed by atoms with E-state index < -0.39 is 0 Å². The fourth-order valence-electron chi connectivity index (χ4n) is 2.01. The van der Waals surface area contributed by atoms with Crippen LogP contribution in [0.3, 0.4) is 0 Å². The molecule has 19 heavy (non-hydrogen) atoms. The average molecular weight is 277 g/mol. The molecular weight excluding hydrogens is 260 g/mol. The number of hydrogen-bond donors (Lipinski definition) is 1. The van der Waals surface area contributed by atoms with Gasteiger partial charge in [0, 0.05) is 30.4 Å². The van der Waals surface area contributed by atoms with Crippen LogP contribution in [0.2, 0.25) is 5.02 Å². The summed E-state index contributed by atoms with van der Waals surface area (Å²) in [6.45, 7) is 4.62. The normalized spacial score (nSPS) is 10.5. The summed E-state index contributed by atoms with van der Waals surface area (Å²) in [4.78, 5) is 17.1. The van der Waals surface area contributed by atoms with Gasteiger partial charge in [0.1, 0.15) is 5.69 Å². The summed E-state index contributed by atoms with van der Waals surface area (Å²) < 4.78 is 0. The van der Waals surface area contributed by atoms with Crippen molar-refractivity contribution >= 4 is 17.5 Å². The summed E-state index contributed by atoms with van der Waals surface area (Å²) in [6, 6.07) is 7.53. The van der Waals surface area contributed by atoms with Gasteiger partial charge in [0.25, 0.3) is 5.91 Å². The first-order valence-corrected chi connectivity index (χ1v) is 6.61. The number of amides is 1. The fourth-order valence-corrected chi connectivity index (χ4v) is 2.14. The maximum Gasteiger partial charge on any atom is 0.270 e. The van der Waals surface area contributed by atoms with Crippen molar-refractivity contribution in [3.8, 4) is 11.1 Å². The largest absolute Gasteiger partial charge is 0.356 e. The number of nitrogens with zero attached hydrogens (tertiary/aromatic N) is 1. The van der Waals surface area contributed by atoms with Crippen molar-refractivity contribution in [1.29, 1.82) is 0 Å². The number of benzene rings is 1. The molecule has 0 spiro atoms. The van der Waals surface area contributed by atoms with Crippen molar-refractivity contribution in [2.45, 2.75) is 13.8 Å². The second kappa shape index (κ2) is 5.49. The maximum atomic E-state index is 12.3. The SMILES string of the molecule is CCN(C)C(=O)c1[nH]cc(C)c1-c1ccc(Cl)cc1. The van der Waals surface area contributed by atoms with Gasteiger partial charge in [0.05, 0.1) is 0 Å². The molecule has 1 amide bonds. The summed E-state index contributed by atoms with van der Waals surface area (Å²) in [6.07, 6.45) is 1.86. The van der Waals surface area contributed by atoms with Crippen molar-refractivity contribution in [2.24, 2.45) is 0 Å². The Morgan fingerprint density at radius 1 is 1.32 bits per heavy atom. The molecular formula is C15H17ClN2O. The lowest BCUT2D eigenvalue weighted by atomic mass is 10.0. The summed E-state index contributed by atoms with van der Waals surface area (Å²) in [5, 5.41) is 0.690. The van der Waals surface area contributed by atoms with E-state index in [0.29, 0.717) is 17.3 Å². The van der Waals surface area contributed by atoms with Crippen molar-refractivity contribution in [3.05, 3.63) is 46.7 Å². The molecule has 0 saturated carbocycles. The van der Waals surface area contributed by atoms with Crippen LogP contribution in [0.25, 0.3) is 11.1 Å². The van der Waals surface area contributed by atoms with E-state index in [2.05, 4.69) is 4.98 Å². The van der Waals surface area contributed by atoms with Crippen molar-refractivity contribution in [3.63, 3.8) is 0 Å². The number of aromatic amines is 1. The van der Waals surface area contributed by atoms with Gasteiger partial charge in [0.15, 0.2) is 0 Å². The van der Waals surface area contributed by atoms with Crippen LogP contribution < -0.4 is 0 Å². The molecule has 100 valence electrons. The third-order valence-corrected chi connectivity index (χ3v) is 3.50. The predicted molar refractivity (Wildman–Crippen MR) is 78.6 cm³/mol. The molecule has 2 aromatic rings. The molecule has 1 aromatic heterocycles. The lowest BCUT2D eigenvalue weighted by Crippen LogP contribution is -2.27. The van der Waals surface area contributed by atoms with E-state index >= 15 is 0 Å². The van der Waals surface area contributed by atoms with Crippen LogP contribution in [-0.4, -0.2) is 29.4 Å². The zero-order valence-electron chi connectivity index (χ0n) is 11.3. The Bertz CT molecular complexity index is 587. The van der Waals surface area contributed by atoms with E-state index in [4.69, 9.17) is 11.6 Å². The predicted octanol–water partition coefficient (Wildman–Crippen LogP) is 3.74. The zero-order chi connectivity index (χ0) is 14.0. The topological polar surface area (TPSA) is 36.1 Å². The Morgan fingerprint density at radius 2 is 1.95 bits per heavy atom. The standard InChI is InChI=1S/C15H17ClN2O/c1-4-18(3)15(19)14-13(10(2)9-17-14)11-5-7-12(16)8-6-11/h5-9,17H,4H2,1-3H3. The molecule has 1 heterocycles. The summed E-state index contributed by atoms with van der Waals surface area (Å²) in [7, 11) is 1.80. The van der Waals surface area contributed by atoms with Gasteiger partial charge in [0.2, 0.25) is 0 Å². The van der Waals surface area contributed by atoms with Crippen LogP contribution in [-0.2, 0) is 0 Å². The van der Waals surface area contributed by atoms with Gasteiger partial charge in [-0.2, -0.15) is 0 Å². The van der Waals surface area contributed by atoms with Crippen LogP contribution >= 0.6 is 11.6 Å². The van der Waals surface area contributed by atoms with Gasteiger partial charge in [-0.05, 0) is 37.1 Å². The molecule has 0 atom stereocenters. The van der Waals surface area contributed by atoms with E-state index in [1.165, 1.54) is 0 Å². The molecule has 4 heteroatoms. The number of rotatable bonds is 3. The Morgan fingerprint density at radius 3 is 2.53 bits per heavy atom. The third kappa shape index (κ3) is 2.66. The lowest BCUT2D eigenvalue weighted by Gasteiger charge is -2.15. The Kier molecular flexibility index (Phi) is 3.96. The van der Waals surface area contributed by atoms with E-state index in [0.717, 1.165) is 16.7 Å². The summed E-state index contributed by atoms with van der Waals surface area (Å²) >= 11 is 5.91. The minimum absolute atomic E-state index is 0.000509. The van der Waals surface area contributed by atoms with Gasteiger partial charge in [-0.15, -0.1) is 0 Å². The van der Waals surface area contributed by atoms with E-state index in [1.807, 2.05) is 44.3 Å². The second-order valence-electron chi connectivity index (χ2n) is 4.55. The van der Waals surface area contributed by atoms with E-state index in [1.54, 1.807) is 11.9 Å². The van der Waals surface area contributed by atoms with Gasteiger partial charge >= 0.3 is 0 Å². The highest BCUT2D eigenvalue weighted by atomic mass is 35.5. The number of nitrogens with one attached hydrogen (secondary N) is 1. The molecule has 0 aliphatic rings. The summed E-state index contributed by atoms with van der Waals surface area (Å²) in [5.74, 6) is 0.000509. The van der Waals surface area contributed by atoms with Gasteiger partial charge in [-0.1, -0.05) is 23.7 Å². The molecule has 0 unspecified atom stereocenters. The Labute approximate surface area is 118 Å². The summed E-state index contributed by atoms with van der Waals surface area (Å²) in [5.41, 5.74) is 3.62. The highest BCUT2D eigenvalue weighted by Crippen LogP contribution is 2.29. The minimum atomic E-state index is 0.000509. The fraction of sp³-hybridized carbons (Fsp3) is 0.267. The molecule has 3 nitrogen and oxygen atoms in total. The number of hydrogen-bond acceptors (Lipinski definition) is 1. The first-order chi connectivity index (χ1) is 9.04. The lowest BCUT2D eigenvalue weighted by molar-refractivity contribution is 0.0798. The van der Waals surface area contributed by atoms with Crippen molar-refractivity contribution in [2.75, 3.05) is 13.6 Å². The number of carbonyl (C=O) groups is 1. The van der Waals surface area contributed by atoms with Crippen LogP contribution in [0.15, 0.2) is 30.5 Å². The number of aromatic nitrogens is 1. The van der Waals surface area contributed by atoms with Crippen molar-refractivity contribution < 1.29 is 4.79 Å². The second-order valence-corrected chi connectivity index (χ2v) is 4.98. The van der Waals surface area contributed by atoms with Crippen LogP contribution in [0.4, 0.5) is 0 Å². The molecule has 1 aromatic carbocycles. The number of halogens is 1. The minimum Gasteiger partial charge on any atom is -0.356 e. The quantitative estimate of drug-likeness (QED) is 0.911. The zero-order valence-corrected chi connectivity index (χ0v) is 12.1. The first-order valence-electron chi connectivity index (χ1n) is 6.24.